The van der Waals surface area contributed by atoms with Gasteiger partial charge in [0.25, 0.3) is 0 Å². The van der Waals surface area contributed by atoms with Crippen LogP contribution in [-0.4, -0.2) is 64.1 Å². The van der Waals surface area contributed by atoms with E-state index in [2.05, 4.69) is 38.0 Å². The zero-order valence-corrected chi connectivity index (χ0v) is 16.3. The van der Waals surface area contributed by atoms with Crippen molar-refractivity contribution in [1.82, 2.24) is 30.3 Å². The van der Waals surface area contributed by atoms with Crippen molar-refractivity contribution in [2.75, 3.05) is 26.7 Å². The number of carbonyl (C=O) groups excluding carboxylic acids is 2. The Morgan fingerprint density at radius 1 is 1.14 bits per heavy atom. The predicted octanol–water partition coefficient (Wildman–Crippen LogP) is -0.187. The number of nitrogens with one attached hydrogen (secondary N) is 2. The van der Waals surface area contributed by atoms with Crippen LogP contribution in [0, 0.1) is 23.7 Å². The molecule has 2 heterocycles. The minimum atomic E-state index is -0.128. The van der Waals surface area contributed by atoms with Crippen molar-refractivity contribution < 1.29 is 9.59 Å². The van der Waals surface area contributed by atoms with Crippen LogP contribution in [0.4, 0.5) is 0 Å². The highest BCUT2D eigenvalue weighted by Gasteiger charge is 2.58. The van der Waals surface area contributed by atoms with Crippen LogP contribution >= 0.6 is 0 Å². The highest BCUT2D eigenvalue weighted by molar-refractivity contribution is 6.06. The van der Waals surface area contributed by atoms with E-state index in [9.17, 15) is 9.59 Å². The Labute approximate surface area is 164 Å². The van der Waals surface area contributed by atoms with Crippen molar-refractivity contribution in [1.29, 1.82) is 0 Å². The summed E-state index contributed by atoms with van der Waals surface area (Å²) in [6.07, 6.45) is 7.75. The van der Waals surface area contributed by atoms with Crippen molar-refractivity contribution in [2.24, 2.45) is 28.7 Å². The molecule has 0 spiro atoms. The first kappa shape index (κ1) is 18.6. The van der Waals surface area contributed by atoms with Crippen LogP contribution in [0.1, 0.15) is 19.2 Å². The summed E-state index contributed by atoms with van der Waals surface area (Å²) in [5.41, 5.74) is 0. The number of imide groups is 1. The van der Waals surface area contributed by atoms with Crippen molar-refractivity contribution in [2.45, 2.75) is 26.3 Å². The number of aliphatic imine (C=N–C) groups is 1. The van der Waals surface area contributed by atoms with Gasteiger partial charge in [0, 0.05) is 39.6 Å². The van der Waals surface area contributed by atoms with Crippen LogP contribution in [0.3, 0.4) is 0 Å². The summed E-state index contributed by atoms with van der Waals surface area (Å²) in [6, 6.07) is 0. The van der Waals surface area contributed by atoms with Gasteiger partial charge in [-0.05, 0) is 18.3 Å². The molecule has 28 heavy (non-hydrogen) atoms. The maximum absolute atomic E-state index is 12.7. The molecule has 2 amide bonds. The summed E-state index contributed by atoms with van der Waals surface area (Å²) in [5, 5.41) is 14.4. The Balaban J connectivity index is 1.23. The molecule has 3 aliphatic rings. The molecule has 2 fully saturated rings. The second-order valence-corrected chi connectivity index (χ2v) is 7.55. The van der Waals surface area contributed by atoms with E-state index >= 15 is 0 Å². The third kappa shape index (κ3) is 3.18. The van der Waals surface area contributed by atoms with Crippen molar-refractivity contribution in [3.8, 4) is 0 Å². The van der Waals surface area contributed by atoms with Gasteiger partial charge >= 0.3 is 0 Å². The van der Waals surface area contributed by atoms with Gasteiger partial charge in [0.2, 0.25) is 11.8 Å². The molecule has 1 saturated carbocycles. The van der Waals surface area contributed by atoms with Crippen LogP contribution in [0.25, 0.3) is 0 Å². The summed E-state index contributed by atoms with van der Waals surface area (Å²) in [7, 11) is 1.70. The maximum atomic E-state index is 12.7. The molecule has 9 nitrogen and oxygen atoms in total. The predicted molar refractivity (Wildman–Crippen MR) is 103 cm³/mol. The summed E-state index contributed by atoms with van der Waals surface area (Å²) in [5.74, 6) is 1.84. The molecule has 9 heteroatoms. The minimum Gasteiger partial charge on any atom is -0.355 e. The van der Waals surface area contributed by atoms with Gasteiger partial charge in [-0.25, -0.2) is 0 Å². The smallest absolute Gasteiger partial charge is 0.233 e. The number of rotatable bonds is 7. The number of likely N-dealkylation sites (tertiary alicyclic amines) is 1. The highest BCUT2D eigenvalue weighted by atomic mass is 16.2. The number of guanidine groups is 1. The zero-order chi connectivity index (χ0) is 19.7. The topological polar surface area (TPSA) is 105 Å². The Kier molecular flexibility index (Phi) is 5.15. The van der Waals surface area contributed by atoms with Crippen LogP contribution < -0.4 is 10.6 Å². The molecule has 4 rings (SSSR count). The lowest BCUT2D eigenvalue weighted by atomic mass is 9.85. The first-order valence-corrected chi connectivity index (χ1v) is 9.98. The molecular weight excluding hydrogens is 358 g/mol. The molecule has 1 aromatic heterocycles. The Morgan fingerprint density at radius 3 is 2.39 bits per heavy atom. The van der Waals surface area contributed by atoms with Gasteiger partial charge in [-0.15, -0.1) is 10.2 Å². The fourth-order valence-electron chi connectivity index (χ4n) is 4.73. The fourth-order valence-corrected chi connectivity index (χ4v) is 4.73. The van der Waals surface area contributed by atoms with E-state index in [1.165, 1.54) is 4.90 Å². The normalized spacial score (nSPS) is 28.4. The Hall–Kier alpha value is -2.71. The minimum absolute atomic E-state index is 0.00343. The number of nitrogens with zero attached hydrogens (tertiary/aromatic N) is 5. The molecule has 1 saturated heterocycles. The molecule has 4 atom stereocenters. The molecule has 1 aromatic rings. The van der Waals surface area contributed by atoms with Crippen molar-refractivity contribution in [3.05, 3.63) is 24.3 Å². The number of carbonyl (C=O) groups is 2. The quantitative estimate of drug-likeness (QED) is 0.292. The average molecular weight is 385 g/mol. The standard InChI is InChI=1S/C19H27N7O2/c1-3-14-24-23-11-25(14)8-6-21-19(20-2)22-7-9-26-17(27)15-12-4-5-13(10-12)16(15)18(26)28/h4-5,11-13,15-16H,3,6-10H2,1-2H3,(H2,20,21,22). The van der Waals surface area contributed by atoms with Crippen LogP contribution in [0.2, 0.25) is 0 Å². The third-order valence-electron chi connectivity index (χ3n) is 6.07. The molecule has 150 valence electrons. The fraction of sp³-hybridized carbons (Fsp3) is 0.632. The number of hydrogen-bond donors (Lipinski definition) is 2. The van der Waals surface area contributed by atoms with E-state index < -0.39 is 0 Å². The van der Waals surface area contributed by atoms with E-state index in [1.807, 2.05) is 11.5 Å². The Bertz CT molecular complexity index is 785. The lowest BCUT2D eigenvalue weighted by Crippen LogP contribution is -2.44. The summed E-state index contributed by atoms with van der Waals surface area (Å²) >= 11 is 0. The van der Waals surface area contributed by atoms with Gasteiger partial charge in [-0.3, -0.25) is 19.5 Å². The number of allylic oxidation sites excluding steroid dienone is 2. The third-order valence-corrected chi connectivity index (χ3v) is 6.07. The number of fused-ring (bicyclic) bond motifs is 5. The molecule has 2 bridgehead atoms. The number of aromatic nitrogens is 3. The molecule has 0 radical (unpaired) electrons. The van der Waals surface area contributed by atoms with Crippen LogP contribution in [-0.2, 0) is 22.6 Å². The van der Waals surface area contributed by atoms with Gasteiger partial charge < -0.3 is 15.2 Å². The molecular formula is C19H27N7O2. The molecule has 0 aromatic carbocycles. The second-order valence-electron chi connectivity index (χ2n) is 7.55. The van der Waals surface area contributed by atoms with Crippen LogP contribution in [0.15, 0.2) is 23.5 Å². The summed E-state index contributed by atoms with van der Waals surface area (Å²) < 4.78 is 2.00. The molecule has 1 aliphatic heterocycles. The first-order valence-electron chi connectivity index (χ1n) is 9.98. The average Bonchev–Trinajstić information content (AvgIpc) is 3.47. The molecule has 2 N–H and O–H groups in total. The number of aryl methyl sites for hydroxylation is 1. The number of hydrogen-bond acceptors (Lipinski definition) is 5. The SMILES string of the molecule is CCc1nncn1CCNC(=NC)NCCN1C(=O)C2C3C=CC(C3)C2C1=O. The molecule has 4 unspecified atom stereocenters. The zero-order valence-electron chi connectivity index (χ0n) is 16.3. The van der Waals surface area contributed by atoms with Gasteiger partial charge in [0.15, 0.2) is 5.96 Å². The monoisotopic (exact) mass is 385 g/mol. The van der Waals surface area contributed by atoms with Gasteiger partial charge in [0.1, 0.15) is 12.2 Å². The van der Waals surface area contributed by atoms with Crippen molar-refractivity contribution in [3.63, 3.8) is 0 Å². The lowest BCUT2D eigenvalue weighted by molar-refractivity contribution is -0.140. The lowest BCUT2D eigenvalue weighted by Gasteiger charge is -2.18. The Morgan fingerprint density at radius 2 is 1.79 bits per heavy atom. The first-order chi connectivity index (χ1) is 13.6. The van der Waals surface area contributed by atoms with E-state index in [-0.39, 0.29) is 35.5 Å². The van der Waals surface area contributed by atoms with Gasteiger partial charge in [-0.2, -0.15) is 0 Å². The van der Waals surface area contributed by atoms with E-state index in [0.29, 0.717) is 25.6 Å². The van der Waals surface area contributed by atoms with E-state index in [4.69, 9.17) is 0 Å². The highest BCUT2D eigenvalue weighted by Crippen LogP contribution is 2.52. The number of amides is 2. The van der Waals surface area contributed by atoms with Crippen molar-refractivity contribution >= 4 is 17.8 Å². The maximum Gasteiger partial charge on any atom is 0.233 e. The van der Waals surface area contributed by atoms with E-state index in [1.54, 1.807) is 13.4 Å². The molecule has 2 aliphatic carbocycles. The van der Waals surface area contributed by atoms with Gasteiger partial charge in [0.05, 0.1) is 11.8 Å². The van der Waals surface area contributed by atoms with Crippen LogP contribution in [0.5, 0.6) is 0 Å². The van der Waals surface area contributed by atoms with Gasteiger partial charge in [-0.1, -0.05) is 19.1 Å². The van der Waals surface area contributed by atoms with E-state index in [0.717, 1.165) is 25.2 Å². The second kappa shape index (κ2) is 7.73. The summed E-state index contributed by atoms with van der Waals surface area (Å²) in [4.78, 5) is 31.0. The summed E-state index contributed by atoms with van der Waals surface area (Å²) in [6.45, 7) is 4.30. The largest absolute Gasteiger partial charge is 0.355 e.